The van der Waals surface area contributed by atoms with Gasteiger partial charge in [-0.2, -0.15) is 0 Å². The van der Waals surface area contributed by atoms with E-state index in [-0.39, 0.29) is 5.91 Å². The molecular weight excluding hydrogens is 257 g/mol. The van der Waals surface area contributed by atoms with E-state index in [4.69, 9.17) is 4.74 Å². The Bertz CT molecular complexity index is 514. The highest BCUT2D eigenvalue weighted by molar-refractivity contribution is 8.04. The average Bonchev–Trinajstić information content (AvgIpc) is 2.39. The van der Waals surface area contributed by atoms with Crippen molar-refractivity contribution in [1.82, 2.24) is 0 Å². The molecule has 0 saturated carbocycles. The Morgan fingerprint density at radius 2 is 2.11 bits per heavy atom. The third-order valence-electron chi connectivity index (χ3n) is 3.01. The number of nitrogens with one attached hydrogen (secondary N) is 1. The molecule has 3 nitrogen and oxygen atoms in total. The summed E-state index contributed by atoms with van der Waals surface area (Å²) in [6, 6.07) is 7.92. The molecule has 5 heteroatoms. The maximum absolute atomic E-state index is 12.3. The van der Waals surface area contributed by atoms with Crippen molar-refractivity contribution in [3.05, 3.63) is 34.9 Å². The standard InChI is InChI=1S/C14H18BNO2S/c1-10-13(19-9-8-18-10)14(17)16-12-7-5-4-6-11(12)15(2)3/h4-7H,8-9H2,1-3H3,(H,16,17). The van der Waals surface area contributed by atoms with Crippen LogP contribution in [0.25, 0.3) is 0 Å². The second-order valence-electron chi connectivity index (χ2n) is 4.78. The van der Waals surface area contributed by atoms with Crippen molar-refractivity contribution in [2.45, 2.75) is 20.6 Å². The van der Waals surface area contributed by atoms with E-state index in [9.17, 15) is 4.79 Å². The van der Waals surface area contributed by atoms with Gasteiger partial charge >= 0.3 is 0 Å². The summed E-state index contributed by atoms with van der Waals surface area (Å²) >= 11 is 1.56. The number of rotatable bonds is 3. The number of anilines is 1. The number of amides is 1. The number of hydrogen-bond donors (Lipinski definition) is 1. The fraction of sp³-hybridized carbons (Fsp3) is 0.357. The van der Waals surface area contributed by atoms with Crippen molar-refractivity contribution in [3.8, 4) is 0 Å². The first kappa shape index (κ1) is 14.1. The van der Waals surface area contributed by atoms with Gasteiger partial charge in [0, 0.05) is 11.4 Å². The van der Waals surface area contributed by atoms with Crippen LogP contribution in [-0.4, -0.2) is 25.0 Å². The summed E-state index contributed by atoms with van der Waals surface area (Å²) in [6.45, 7) is 7.13. The van der Waals surface area contributed by atoms with Crippen molar-refractivity contribution >= 4 is 35.5 Å². The Labute approximate surface area is 118 Å². The van der Waals surface area contributed by atoms with Crippen molar-refractivity contribution in [1.29, 1.82) is 0 Å². The number of ether oxygens (including phenoxy) is 1. The fourth-order valence-corrected chi connectivity index (χ4v) is 2.84. The molecule has 1 amide bonds. The van der Waals surface area contributed by atoms with E-state index in [0.29, 0.717) is 18.2 Å². The second-order valence-corrected chi connectivity index (χ2v) is 5.88. The minimum absolute atomic E-state index is 0.0738. The van der Waals surface area contributed by atoms with Crippen LogP contribution in [0.3, 0.4) is 0 Å². The van der Waals surface area contributed by atoms with Gasteiger partial charge in [-0.1, -0.05) is 37.3 Å². The number of thioether (sulfide) groups is 1. The Balaban J connectivity index is 2.20. The zero-order valence-electron chi connectivity index (χ0n) is 11.5. The van der Waals surface area contributed by atoms with Crippen molar-refractivity contribution in [2.75, 3.05) is 17.7 Å². The molecule has 0 fully saturated rings. The molecule has 2 rings (SSSR count). The molecule has 0 bridgehead atoms. The molecule has 0 saturated heterocycles. The molecule has 1 aromatic carbocycles. The van der Waals surface area contributed by atoms with Gasteiger partial charge in [-0.15, -0.1) is 11.8 Å². The van der Waals surface area contributed by atoms with Gasteiger partial charge in [0.25, 0.3) is 5.91 Å². The summed E-state index contributed by atoms with van der Waals surface area (Å²) in [6.07, 6.45) is 0. The zero-order valence-corrected chi connectivity index (χ0v) is 12.3. The Morgan fingerprint density at radius 1 is 1.37 bits per heavy atom. The minimum Gasteiger partial charge on any atom is -0.496 e. The first-order valence-electron chi connectivity index (χ1n) is 6.46. The van der Waals surface area contributed by atoms with Gasteiger partial charge < -0.3 is 10.1 Å². The molecule has 0 aliphatic carbocycles. The van der Waals surface area contributed by atoms with E-state index < -0.39 is 0 Å². The average molecular weight is 275 g/mol. The lowest BCUT2D eigenvalue weighted by Gasteiger charge is -2.19. The molecule has 0 atom stereocenters. The summed E-state index contributed by atoms with van der Waals surface area (Å²) in [7, 11) is 0. The predicted molar refractivity (Wildman–Crippen MR) is 83.3 cm³/mol. The smallest absolute Gasteiger partial charge is 0.265 e. The van der Waals surface area contributed by atoms with Gasteiger partial charge in [0.05, 0.1) is 6.61 Å². The summed E-state index contributed by atoms with van der Waals surface area (Å²) < 4.78 is 5.42. The summed E-state index contributed by atoms with van der Waals surface area (Å²) in [5, 5.41) is 2.99. The van der Waals surface area contributed by atoms with Crippen LogP contribution in [0.15, 0.2) is 34.9 Å². The topological polar surface area (TPSA) is 38.3 Å². The zero-order chi connectivity index (χ0) is 13.8. The maximum Gasteiger partial charge on any atom is 0.265 e. The van der Waals surface area contributed by atoms with Gasteiger partial charge in [0.2, 0.25) is 0 Å². The maximum atomic E-state index is 12.3. The number of carbonyl (C=O) groups excluding carboxylic acids is 1. The van der Waals surface area contributed by atoms with Crippen LogP contribution < -0.4 is 10.8 Å². The van der Waals surface area contributed by atoms with E-state index in [0.717, 1.165) is 22.7 Å². The Hall–Kier alpha value is -1.36. The number of para-hydroxylation sites is 1. The number of benzene rings is 1. The first-order chi connectivity index (χ1) is 9.09. The van der Waals surface area contributed by atoms with Crippen LogP contribution in [0.4, 0.5) is 5.69 Å². The molecule has 1 aliphatic rings. The molecule has 0 spiro atoms. The number of hydrogen-bond acceptors (Lipinski definition) is 3. The molecular formula is C14H18BNO2S. The molecule has 100 valence electrons. The van der Waals surface area contributed by atoms with Crippen LogP contribution in [0.2, 0.25) is 13.6 Å². The third kappa shape index (κ3) is 3.35. The van der Waals surface area contributed by atoms with Crippen molar-refractivity contribution in [3.63, 3.8) is 0 Å². The SMILES string of the molecule is CB(C)c1ccccc1NC(=O)C1=C(C)OCCS1. The minimum atomic E-state index is -0.0738. The Kier molecular flexibility index (Phi) is 4.58. The van der Waals surface area contributed by atoms with E-state index in [1.54, 1.807) is 11.8 Å². The van der Waals surface area contributed by atoms with Gasteiger partial charge in [-0.3, -0.25) is 4.79 Å². The highest BCUT2D eigenvalue weighted by atomic mass is 32.2. The molecule has 1 aromatic rings. The Morgan fingerprint density at radius 3 is 2.79 bits per heavy atom. The van der Waals surface area contributed by atoms with Crippen LogP contribution in [0, 0.1) is 0 Å². The van der Waals surface area contributed by atoms with Gasteiger partial charge in [-0.25, -0.2) is 0 Å². The molecule has 1 N–H and O–H groups in total. The van der Waals surface area contributed by atoms with Crippen LogP contribution >= 0.6 is 11.8 Å². The summed E-state index contributed by atoms with van der Waals surface area (Å²) in [5.74, 6) is 1.47. The first-order valence-corrected chi connectivity index (χ1v) is 7.45. The molecule has 0 unspecified atom stereocenters. The van der Waals surface area contributed by atoms with Gasteiger partial charge in [-0.05, 0) is 13.0 Å². The molecule has 1 aliphatic heterocycles. The highest BCUT2D eigenvalue weighted by Crippen LogP contribution is 2.26. The second kappa shape index (κ2) is 6.19. The van der Waals surface area contributed by atoms with Crippen LogP contribution in [0.1, 0.15) is 6.92 Å². The van der Waals surface area contributed by atoms with Crippen LogP contribution in [0.5, 0.6) is 0 Å². The largest absolute Gasteiger partial charge is 0.496 e. The summed E-state index contributed by atoms with van der Waals surface area (Å²) in [5.41, 5.74) is 2.03. The van der Waals surface area contributed by atoms with E-state index in [1.165, 1.54) is 0 Å². The van der Waals surface area contributed by atoms with Gasteiger partial charge in [0.15, 0.2) is 6.71 Å². The monoisotopic (exact) mass is 275 g/mol. The summed E-state index contributed by atoms with van der Waals surface area (Å²) in [4.78, 5) is 13.0. The highest BCUT2D eigenvalue weighted by Gasteiger charge is 2.20. The molecule has 0 aromatic heterocycles. The van der Waals surface area contributed by atoms with Gasteiger partial charge in [0.1, 0.15) is 10.7 Å². The van der Waals surface area contributed by atoms with Crippen molar-refractivity contribution < 1.29 is 9.53 Å². The number of carbonyl (C=O) groups is 1. The fourth-order valence-electron chi connectivity index (χ4n) is 2.02. The molecule has 19 heavy (non-hydrogen) atoms. The normalized spacial score (nSPS) is 14.9. The van der Waals surface area contributed by atoms with E-state index >= 15 is 0 Å². The molecule has 0 radical (unpaired) electrons. The number of allylic oxidation sites excluding steroid dienone is 1. The predicted octanol–water partition coefficient (Wildman–Crippen LogP) is 2.58. The molecule has 1 heterocycles. The van der Waals surface area contributed by atoms with E-state index in [2.05, 4.69) is 19.0 Å². The van der Waals surface area contributed by atoms with E-state index in [1.807, 2.05) is 31.2 Å². The lowest BCUT2D eigenvalue weighted by Crippen LogP contribution is -2.29. The van der Waals surface area contributed by atoms with Crippen LogP contribution in [-0.2, 0) is 9.53 Å². The lowest BCUT2D eigenvalue weighted by atomic mass is 9.49. The van der Waals surface area contributed by atoms with Crippen molar-refractivity contribution in [2.24, 2.45) is 0 Å². The third-order valence-corrected chi connectivity index (χ3v) is 4.14. The quantitative estimate of drug-likeness (QED) is 0.862. The lowest BCUT2D eigenvalue weighted by molar-refractivity contribution is -0.112.